The van der Waals surface area contributed by atoms with Crippen molar-refractivity contribution in [2.45, 2.75) is 0 Å². The van der Waals surface area contributed by atoms with Gasteiger partial charge in [-0.05, 0) is 18.2 Å². The molecule has 0 saturated heterocycles. The Morgan fingerprint density at radius 2 is 2.24 bits per heavy atom. The second-order valence-electron chi connectivity index (χ2n) is 3.55. The number of aromatic nitrogens is 2. The third-order valence-corrected chi connectivity index (χ3v) is 2.52. The molecule has 5 heteroatoms. The first-order chi connectivity index (χ1) is 8.15. The maximum absolute atomic E-state index is 11.8. The minimum atomic E-state index is -0.409. The molecule has 5 nitrogen and oxygen atoms in total. The number of rotatable bonds is 1. The summed E-state index contributed by atoms with van der Waals surface area (Å²) < 4.78 is 1.24. The number of hydrogen-bond acceptors (Lipinski definition) is 4. The van der Waals surface area contributed by atoms with E-state index in [1.807, 2.05) is 6.07 Å². The first-order valence-electron chi connectivity index (χ1n) is 4.96. The van der Waals surface area contributed by atoms with Gasteiger partial charge in [0, 0.05) is 18.8 Å². The largest absolute Gasteiger partial charge is 0.385 e. The lowest BCUT2D eigenvalue weighted by Crippen LogP contribution is -2.23. The normalized spacial score (nSPS) is 9.88. The van der Waals surface area contributed by atoms with Gasteiger partial charge in [-0.15, -0.1) is 0 Å². The van der Waals surface area contributed by atoms with Crippen LogP contribution in [-0.4, -0.2) is 9.55 Å². The van der Waals surface area contributed by atoms with Crippen LogP contribution in [-0.2, 0) is 7.05 Å². The fraction of sp³-hybridized carbons (Fsp3) is 0.0833. The molecule has 0 aliphatic carbocycles. The number of nitrogens with two attached hydrogens (primary N) is 1. The van der Waals surface area contributed by atoms with Crippen molar-refractivity contribution in [1.82, 2.24) is 9.55 Å². The maximum Gasteiger partial charge on any atom is 0.270 e. The third kappa shape index (κ3) is 1.76. The number of nitrogens with zero attached hydrogens (tertiary/aromatic N) is 3. The molecule has 0 saturated carbocycles. The molecule has 0 fully saturated rings. The lowest BCUT2D eigenvalue weighted by Gasteiger charge is -2.08. The van der Waals surface area contributed by atoms with Crippen molar-refractivity contribution >= 4 is 5.82 Å². The SMILES string of the molecule is Cn1c(N)cc(-c2ccccn2)c(C#N)c1=O. The van der Waals surface area contributed by atoms with Gasteiger partial charge in [-0.25, -0.2) is 0 Å². The molecule has 0 atom stereocenters. The van der Waals surface area contributed by atoms with E-state index in [0.29, 0.717) is 17.1 Å². The zero-order chi connectivity index (χ0) is 12.4. The Bertz CT molecular complexity index is 653. The first-order valence-corrected chi connectivity index (χ1v) is 4.96. The van der Waals surface area contributed by atoms with Crippen LogP contribution in [0.2, 0.25) is 0 Å². The van der Waals surface area contributed by atoms with Crippen LogP contribution in [0.4, 0.5) is 5.82 Å². The average Bonchev–Trinajstić information content (AvgIpc) is 2.36. The molecule has 2 aromatic rings. The summed E-state index contributed by atoms with van der Waals surface area (Å²) >= 11 is 0. The first kappa shape index (κ1) is 10.9. The lowest BCUT2D eigenvalue weighted by atomic mass is 10.1. The predicted molar refractivity (Wildman–Crippen MR) is 64.0 cm³/mol. The molecule has 0 aliphatic rings. The van der Waals surface area contributed by atoms with Crippen LogP contribution in [0.25, 0.3) is 11.3 Å². The van der Waals surface area contributed by atoms with Crippen molar-refractivity contribution < 1.29 is 0 Å². The number of anilines is 1. The van der Waals surface area contributed by atoms with E-state index in [2.05, 4.69) is 4.98 Å². The van der Waals surface area contributed by atoms with E-state index in [9.17, 15) is 4.79 Å². The lowest BCUT2D eigenvalue weighted by molar-refractivity contribution is 0.870. The molecule has 2 aromatic heterocycles. The van der Waals surface area contributed by atoms with Gasteiger partial charge in [0.25, 0.3) is 5.56 Å². The van der Waals surface area contributed by atoms with Gasteiger partial charge in [0.05, 0.1) is 5.69 Å². The maximum atomic E-state index is 11.8. The van der Waals surface area contributed by atoms with E-state index in [-0.39, 0.29) is 5.56 Å². The summed E-state index contributed by atoms with van der Waals surface area (Å²) in [6.45, 7) is 0. The average molecular weight is 226 g/mol. The van der Waals surface area contributed by atoms with Crippen LogP contribution in [0.5, 0.6) is 0 Å². The molecule has 84 valence electrons. The van der Waals surface area contributed by atoms with Crippen LogP contribution < -0.4 is 11.3 Å². The fourth-order valence-corrected chi connectivity index (χ4v) is 1.55. The van der Waals surface area contributed by atoms with Gasteiger partial charge in [-0.1, -0.05) is 6.07 Å². The molecule has 2 rings (SSSR count). The molecule has 2 N–H and O–H groups in total. The summed E-state index contributed by atoms with van der Waals surface area (Å²) in [4.78, 5) is 16.0. The number of nitriles is 1. The van der Waals surface area contributed by atoms with Crippen LogP contribution in [0.3, 0.4) is 0 Å². The van der Waals surface area contributed by atoms with Crippen molar-refractivity contribution in [3.8, 4) is 17.3 Å². The van der Waals surface area contributed by atoms with Crippen LogP contribution in [0.15, 0.2) is 35.3 Å². The summed E-state index contributed by atoms with van der Waals surface area (Å²) in [5.74, 6) is 0.301. The van der Waals surface area contributed by atoms with Crippen molar-refractivity contribution in [1.29, 1.82) is 5.26 Å². The van der Waals surface area contributed by atoms with E-state index in [1.54, 1.807) is 30.5 Å². The number of nitrogen functional groups attached to an aromatic ring is 1. The zero-order valence-electron chi connectivity index (χ0n) is 9.21. The Kier molecular flexibility index (Phi) is 2.63. The summed E-state index contributed by atoms with van der Waals surface area (Å²) in [6.07, 6.45) is 1.60. The quantitative estimate of drug-likeness (QED) is 0.782. The molecular weight excluding hydrogens is 216 g/mol. The van der Waals surface area contributed by atoms with Crippen molar-refractivity contribution in [2.75, 3.05) is 5.73 Å². The van der Waals surface area contributed by atoms with E-state index < -0.39 is 5.56 Å². The Labute approximate surface area is 97.8 Å². The van der Waals surface area contributed by atoms with Crippen molar-refractivity contribution in [3.05, 3.63) is 46.4 Å². The number of hydrogen-bond donors (Lipinski definition) is 1. The molecule has 0 unspecified atom stereocenters. The molecule has 0 spiro atoms. The summed E-state index contributed by atoms with van der Waals surface area (Å²) in [5, 5.41) is 9.04. The summed E-state index contributed by atoms with van der Waals surface area (Å²) in [5.41, 5.74) is 6.38. The van der Waals surface area contributed by atoms with Gasteiger partial charge in [-0.3, -0.25) is 14.3 Å². The minimum Gasteiger partial charge on any atom is -0.385 e. The van der Waals surface area contributed by atoms with Crippen molar-refractivity contribution in [3.63, 3.8) is 0 Å². The molecular formula is C12H10N4O. The van der Waals surface area contributed by atoms with Crippen molar-refractivity contribution in [2.24, 2.45) is 7.05 Å². The van der Waals surface area contributed by atoms with E-state index in [4.69, 9.17) is 11.0 Å². The van der Waals surface area contributed by atoms with Crippen LogP contribution in [0.1, 0.15) is 5.56 Å². The standard InChI is InChI=1S/C12H10N4O/c1-16-11(14)6-8(9(7-13)12(16)17)10-4-2-3-5-15-10/h2-6H,14H2,1H3. The zero-order valence-corrected chi connectivity index (χ0v) is 9.21. The topological polar surface area (TPSA) is 84.7 Å². The van der Waals surface area contributed by atoms with Crippen LogP contribution in [0, 0.1) is 11.3 Å². The van der Waals surface area contributed by atoms with Gasteiger partial charge in [0.2, 0.25) is 0 Å². The Morgan fingerprint density at radius 3 is 2.82 bits per heavy atom. The second-order valence-corrected chi connectivity index (χ2v) is 3.55. The smallest absolute Gasteiger partial charge is 0.270 e. The van der Waals surface area contributed by atoms with Gasteiger partial charge < -0.3 is 5.73 Å². The Hall–Kier alpha value is -2.61. The Balaban J connectivity index is 2.81. The highest BCUT2D eigenvalue weighted by Gasteiger charge is 2.13. The third-order valence-electron chi connectivity index (χ3n) is 2.52. The minimum absolute atomic E-state index is 0.0559. The molecule has 0 amide bonds. The highest BCUT2D eigenvalue weighted by molar-refractivity contribution is 5.69. The molecule has 2 heterocycles. The van der Waals surface area contributed by atoms with E-state index in [0.717, 1.165) is 0 Å². The Morgan fingerprint density at radius 1 is 1.47 bits per heavy atom. The molecule has 0 bridgehead atoms. The highest BCUT2D eigenvalue weighted by Crippen LogP contribution is 2.20. The summed E-state index contributed by atoms with van der Waals surface area (Å²) in [7, 11) is 1.53. The van der Waals surface area contributed by atoms with Gasteiger partial charge in [0.1, 0.15) is 17.5 Å². The van der Waals surface area contributed by atoms with Gasteiger partial charge >= 0.3 is 0 Å². The van der Waals surface area contributed by atoms with E-state index >= 15 is 0 Å². The highest BCUT2D eigenvalue weighted by atomic mass is 16.1. The van der Waals surface area contributed by atoms with Gasteiger partial charge in [0.15, 0.2) is 0 Å². The fourth-order valence-electron chi connectivity index (χ4n) is 1.55. The predicted octanol–water partition coefficient (Wildman–Crippen LogP) is 0.901. The molecule has 0 aromatic carbocycles. The summed E-state index contributed by atoms with van der Waals surface area (Å²) in [6, 6.07) is 8.77. The molecule has 0 aliphatic heterocycles. The van der Waals surface area contributed by atoms with Crippen LogP contribution >= 0.6 is 0 Å². The van der Waals surface area contributed by atoms with E-state index in [1.165, 1.54) is 11.6 Å². The number of pyridine rings is 2. The molecule has 17 heavy (non-hydrogen) atoms. The monoisotopic (exact) mass is 226 g/mol. The van der Waals surface area contributed by atoms with Gasteiger partial charge in [-0.2, -0.15) is 5.26 Å². The second kappa shape index (κ2) is 4.10. The molecule has 0 radical (unpaired) electrons.